The number of hydrogen-bond acceptors (Lipinski definition) is 4. The molecule has 0 bridgehead atoms. The van der Waals surface area contributed by atoms with E-state index < -0.39 is 0 Å². The van der Waals surface area contributed by atoms with Gasteiger partial charge in [0.25, 0.3) is 0 Å². The number of hydrogen-bond donors (Lipinski definition) is 1. The van der Waals surface area contributed by atoms with Crippen LogP contribution in [0, 0.1) is 5.92 Å². The van der Waals surface area contributed by atoms with Crippen molar-refractivity contribution in [1.29, 1.82) is 0 Å². The van der Waals surface area contributed by atoms with Crippen molar-refractivity contribution in [2.45, 2.75) is 19.9 Å². The molecule has 0 amide bonds. The molecule has 0 aliphatic carbocycles. The fourth-order valence-electron chi connectivity index (χ4n) is 1.98. The Labute approximate surface area is 129 Å². The minimum atomic E-state index is -0.0210. The lowest BCUT2D eigenvalue weighted by atomic mass is 10.1. The Morgan fingerprint density at radius 2 is 2.10 bits per heavy atom. The lowest BCUT2D eigenvalue weighted by molar-refractivity contribution is 0.512. The number of halogens is 1. The van der Waals surface area contributed by atoms with Crippen LogP contribution in [-0.2, 0) is 0 Å². The van der Waals surface area contributed by atoms with Gasteiger partial charge in [-0.05, 0) is 30.2 Å². The van der Waals surface area contributed by atoms with Gasteiger partial charge in [0.1, 0.15) is 16.3 Å². The molecule has 1 aromatic carbocycles. The molecule has 3 rings (SSSR count). The third-order valence-corrected chi connectivity index (χ3v) is 4.70. The molecule has 0 saturated heterocycles. The topological polar surface area (TPSA) is 52.0 Å². The maximum absolute atomic E-state index is 6.14. The molecular formula is C15H15BrN2OS. The van der Waals surface area contributed by atoms with Crippen LogP contribution in [0.3, 0.4) is 0 Å². The summed E-state index contributed by atoms with van der Waals surface area (Å²) < 4.78 is 6.89. The maximum atomic E-state index is 6.14. The number of aromatic nitrogens is 1. The van der Waals surface area contributed by atoms with E-state index in [1.54, 1.807) is 11.3 Å². The van der Waals surface area contributed by atoms with Crippen LogP contribution >= 0.6 is 27.3 Å². The average molecular weight is 351 g/mol. The van der Waals surface area contributed by atoms with E-state index in [-0.39, 0.29) is 6.04 Å². The first-order valence-corrected chi connectivity index (χ1v) is 8.12. The second-order valence-electron chi connectivity index (χ2n) is 5.13. The van der Waals surface area contributed by atoms with E-state index in [1.165, 1.54) is 0 Å². The van der Waals surface area contributed by atoms with Gasteiger partial charge in [0.05, 0.1) is 6.04 Å². The SMILES string of the molecule is CC(C)C(N)c1nc(-c2cc3cc(Br)ccc3o2)cs1. The van der Waals surface area contributed by atoms with Gasteiger partial charge in [-0.1, -0.05) is 29.8 Å². The van der Waals surface area contributed by atoms with Gasteiger partial charge >= 0.3 is 0 Å². The summed E-state index contributed by atoms with van der Waals surface area (Å²) in [5, 5.41) is 4.03. The summed E-state index contributed by atoms with van der Waals surface area (Å²) in [5.74, 6) is 1.16. The molecular weight excluding hydrogens is 336 g/mol. The zero-order valence-corrected chi connectivity index (χ0v) is 13.7. The first-order chi connectivity index (χ1) is 9.54. The second kappa shape index (κ2) is 5.31. The molecule has 104 valence electrons. The molecule has 0 aliphatic rings. The van der Waals surface area contributed by atoms with Crippen molar-refractivity contribution in [3.63, 3.8) is 0 Å². The van der Waals surface area contributed by atoms with Gasteiger partial charge in [-0.25, -0.2) is 4.98 Å². The number of fused-ring (bicyclic) bond motifs is 1. The highest BCUT2D eigenvalue weighted by Crippen LogP contribution is 2.32. The minimum absolute atomic E-state index is 0.0210. The van der Waals surface area contributed by atoms with Crippen LogP contribution < -0.4 is 5.73 Å². The number of furan rings is 1. The number of rotatable bonds is 3. The van der Waals surface area contributed by atoms with E-state index >= 15 is 0 Å². The lowest BCUT2D eigenvalue weighted by Gasteiger charge is -2.11. The Bertz CT molecular complexity index is 747. The summed E-state index contributed by atoms with van der Waals surface area (Å²) >= 11 is 5.05. The third-order valence-electron chi connectivity index (χ3n) is 3.26. The maximum Gasteiger partial charge on any atom is 0.154 e. The van der Waals surface area contributed by atoms with E-state index in [9.17, 15) is 0 Å². The zero-order valence-electron chi connectivity index (χ0n) is 11.3. The summed E-state index contributed by atoms with van der Waals surface area (Å²) in [5.41, 5.74) is 7.86. The largest absolute Gasteiger partial charge is 0.454 e. The quantitative estimate of drug-likeness (QED) is 0.724. The molecule has 2 N–H and O–H groups in total. The van der Waals surface area contributed by atoms with E-state index in [4.69, 9.17) is 10.2 Å². The van der Waals surface area contributed by atoms with E-state index in [0.29, 0.717) is 5.92 Å². The van der Waals surface area contributed by atoms with Crippen LogP contribution in [0.2, 0.25) is 0 Å². The summed E-state index contributed by atoms with van der Waals surface area (Å²) in [4.78, 5) is 4.61. The number of nitrogens with two attached hydrogens (primary N) is 1. The molecule has 2 heterocycles. The molecule has 3 nitrogen and oxygen atoms in total. The van der Waals surface area contributed by atoms with Crippen molar-refractivity contribution < 1.29 is 4.42 Å². The number of benzene rings is 1. The first-order valence-electron chi connectivity index (χ1n) is 6.45. The van der Waals surface area contributed by atoms with Gasteiger partial charge in [0.2, 0.25) is 0 Å². The number of nitrogens with zero attached hydrogens (tertiary/aromatic N) is 1. The molecule has 0 spiro atoms. The highest BCUT2D eigenvalue weighted by Gasteiger charge is 2.16. The minimum Gasteiger partial charge on any atom is -0.454 e. The normalized spacial score (nSPS) is 13.2. The summed E-state index contributed by atoms with van der Waals surface area (Å²) in [7, 11) is 0. The van der Waals surface area contributed by atoms with Gasteiger partial charge in [-0.3, -0.25) is 0 Å². The Kier molecular flexibility index (Phi) is 3.67. The Balaban J connectivity index is 1.99. The van der Waals surface area contributed by atoms with Crippen LogP contribution in [-0.4, -0.2) is 4.98 Å². The van der Waals surface area contributed by atoms with Gasteiger partial charge in [-0.15, -0.1) is 11.3 Å². The molecule has 0 saturated carbocycles. The Morgan fingerprint density at radius 1 is 1.30 bits per heavy atom. The average Bonchev–Trinajstić information content (AvgIpc) is 3.02. The monoisotopic (exact) mass is 350 g/mol. The highest BCUT2D eigenvalue weighted by atomic mass is 79.9. The third kappa shape index (κ3) is 2.53. The van der Waals surface area contributed by atoms with Crippen LogP contribution in [0.5, 0.6) is 0 Å². The fourth-order valence-corrected chi connectivity index (χ4v) is 3.34. The molecule has 5 heteroatoms. The molecule has 2 aromatic heterocycles. The van der Waals surface area contributed by atoms with E-state index in [0.717, 1.165) is 31.9 Å². The summed E-state index contributed by atoms with van der Waals surface area (Å²) in [6.07, 6.45) is 0. The van der Waals surface area contributed by atoms with Crippen molar-refractivity contribution in [1.82, 2.24) is 4.98 Å². The van der Waals surface area contributed by atoms with Crippen molar-refractivity contribution in [2.24, 2.45) is 11.7 Å². The van der Waals surface area contributed by atoms with Crippen molar-refractivity contribution in [3.8, 4) is 11.5 Å². The Hall–Kier alpha value is -1.17. The highest BCUT2D eigenvalue weighted by molar-refractivity contribution is 9.10. The predicted molar refractivity (Wildman–Crippen MR) is 86.8 cm³/mol. The van der Waals surface area contributed by atoms with Crippen molar-refractivity contribution in [3.05, 3.63) is 39.1 Å². The second-order valence-corrected chi connectivity index (χ2v) is 6.94. The van der Waals surface area contributed by atoms with Crippen molar-refractivity contribution in [2.75, 3.05) is 0 Å². The van der Waals surface area contributed by atoms with Crippen LogP contribution in [0.4, 0.5) is 0 Å². The Morgan fingerprint density at radius 3 is 2.85 bits per heavy atom. The first kappa shape index (κ1) is 13.8. The van der Waals surface area contributed by atoms with Crippen LogP contribution in [0.15, 0.2) is 38.5 Å². The standard InChI is InChI=1S/C15H15BrN2OS/c1-8(2)14(17)15-18-11(7-20-15)13-6-9-5-10(16)3-4-12(9)19-13/h3-8,14H,17H2,1-2H3. The fraction of sp³-hybridized carbons (Fsp3) is 0.267. The van der Waals surface area contributed by atoms with E-state index in [2.05, 4.69) is 34.8 Å². The van der Waals surface area contributed by atoms with Gasteiger partial charge in [-0.2, -0.15) is 0 Å². The lowest BCUT2D eigenvalue weighted by Crippen LogP contribution is -2.16. The number of thiazole rings is 1. The molecule has 0 fully saturated rings. The molecule has 0 aliphatic heterocycles. The van der Waals surface area contributed by atoms with Crippen molar-refractivity contribution >= 4 is 38.2 Å². The van der Waals surface area contributed by atoms with Crippen LogP contribution in [0.25, 0.3) is 22.4 Å². The van der Waals surface area contributed by atoms with E-state index in [1.807, 2.05) is 29.6 Å². The summed E-state index contributed by atoms with van der Waals surface area (Å²) in [6.45, 7) is 4.20. The van der Waals surface area contributed by atoms with Gasteiger partial charge in [0.15, 0.2) is 5.76 Å². The van der Waals surface area contributed by atoms with Gasteiger partial charge in [0, 0.05) is 15.2 Å². The van der Waals surface area contributed by atoms with Crippen LogP contribution in [0.1, 0.15) is 24.9 Å². The molecule has 20 heavy (non-hydrogen) atoms. The molecule has 1 unspecified atom stereocenters. The smallest absolute Gasteiger partial charge is 0.154 e. The molecule has 0 radical (unpaired) electrons. The zero-order chi connectivity index (χ0) is 14.3. The molecule has 1 atom stereocenters. The predicted octanol–water partition coefficient (Wildman–Crippen LogP) is 4.97. The summed E-state index contributed by atoms with van der Waals surface area (Å²) in [6, 6.07) is 7.95. The molecule has 3 aromatic rings. The van der Waals surface area contributed by atoms with Gasteiger partial charge < -0.3 is 10.2 Å².